The highest BCUT2D eigenvalue weighted by Crippen LogP contribution is 2.17. The van der Waals surface area contributed by atoms with Gasteiger partial charge in [-0.05, 0) is 43.5 Å². The molecule has 0 heterocycles. The van der Waals surface area contributed by atoms with Gasteiger partial charge in [0.05, 0.1) is 6.42 Å². The minimum atomic E-state index is -0.502. The standard InChI is InChI=1S/C22H27ClN2O2/c1-4-20(22(27)24-5-2)25(15-17-11-9-16(3)10-12-17)21(26)14-18-7-6-8-19(23)13-18/h6-13,20H,4-5,14-15H2,1-3H3,(H,24,27)/t20-/m0/s1. The van der Waals surface area contributed by atoms with E-state index in [1.165, 1.54) is 0 Å². The molecule has 0 saturated heterocycles. The van der Waals surface area contributed by atoms with Crippen LogP contribution in [0.15, 0.2) is 48.5 Å². The summed E-state index contributed by atoms with van der Waals surface area (Å²) in [4.78, 5) is 27.3. The molecular weight excluding hydrogens is 360 g/mol. The van der Waals surface area contributed by atoms with Crippen LogP contribution in [0.1, 0.15) is 37.0 Å². The average Bonchev–Trinajstić information content (AvgIpc) is 2.63. The third-order valence-corrected chi connectivity index (χ3v) is 4.69. The highest BCUT2D eigenvalue weighted by molar-refractivity contribution is 6.30. The van der Waals surface area contributed by atoms with Crippen LogP contribution in [0.5, 0.6) is 0 Å². The van der Waals surface area contributed by atoms with Crippen molar-refractivity contribution in [1.29, 1.82) is 0 Å². The molecule has 2 amide bonds. The molecule has 0 fully saturated rings. The molecular formula is C22H27ClN2O2. The second-order valence-corrected chi connectivity index (χ2v) is 7.07. The summed E-state index contributed by atoms with van der Waals surface area (Å²) in [5.74, 6) is -0.206. The SMILES string of the molecule is CCNC(=O)[C@H](CC)N(Cc1ccc(C)cc1)C(=O)Cc1cccc(Cl)c1. The molecule has 4 nitrogen and oxygen atoms in total. The maximum absolute atomic E-state index is 13.1. The van der Waals surface area contributed by atoms with Crippen LogP contribution in [0.4, 0.5) is 0 Å². The van der Waals surface area contributed by atoms with E-state index in [4.69, 9.17) is 11.6 Å². The van der Waals surface area contributed by atoms with Crippen molar-refractivity contribution in [3.63, 3.8) is 0 Å². The molecule has 0 aliphatic heterocycles. The van der Waals surface area contributed by atoms with Crippen LogP contribution in [0, 0.1) is 6.92 Å². The molecule has 0 aliphatic rings. The third kappa shape index (κ3) is 6.10. The lowest BCUT2D eigenvalue weighted by Crippen LogP contribution is -2.49. The van der Waals surface area contributed by atoms with Crippen molar-refractivity contribution in [2.45, 2.75) is 46.2 Å². The number of nitrogens with one attached hydrogen (secondary N) is 1. The number of aryl methyl sites for hydroxylation is 1. The lowest BCUT2D eigenvalue weighted by molar-refractivity contribution is -0.140. The van der Waals surface area contributed by atoms with Gasteiger partial charge < -0.3 is 10.2 Å². The van der Waals surface area contributed by atoms with Crippen molar-refractivity contribution < 1.29 is 9.59 Å². The van der Waals surface area contributed by atoms with Gasteiger partial charge in [-0.15, -0.1) is 0 Å². The maximum atomic E-state index is 13.1. The number of hydrogen-bond donors (Lipinski definition) is 1. The van der Waals surface area contributed by atoms with Crippen LogP contribution in [-0.2, 0) is 22.6 Å². The topological polar surface area (TPSA) is 49.4 Å². The highest BCUT2D eigenvalue weighted by Gasteiger charge is 2.28. The average molecular weight is 387 g/mol. The van der Waals surface area contributed by atoms with Crippen molar-refractivity contribution in [2.24, 2.45) is 0 Å². The summed E-state index contributed by atoms with van der Waals surface area (Å²) < 4.78 is 0. The fraction of sp³-hybridized carbons (Fsp3) is 0.364. The number of hydrogen-bond acceptors (Lipinski definition) is 2. The smallest absolute Gasteiger partial charge is 0.242 e. The zero-order chi connectivity index (χ0) is 19.8. The molecule has 0 unspecified atom stereocenters. The monoisotopic (exact) mass is 386 g/mol. The van der Waals surface area contributed by atoms with Gasteiger partial charge >= 0.3 is 0 Å². The molecule has 144 valence electrons. The van der Waals surface area contributed by atoms with E-state index in [2.05, 4.69) is 5.32 Å². The van der Waals surface area contributed by atoms with Gasteiger partial charge in [0.2, 0.25) is 11.8 Å². The van der Waals surface area contributed by atoms with Crippen molar-refractivity contribution in [2.75, 3.05) is 6.54 Å². The van der Waals surface area contributed by atoms with E-state index in [1.807, 2.05) is 57.2 Å². The summed E-state index contributed by atoms with van der Waals surface area (Å²) >= 11 is 6.04. The molecule has 0 spiro atoms. The highest BCUT2D eigenvalue weighted by atomic mass is 35.5. The van der Waals surface area contributed by atoms with E-state index in [0.717, 1.165) is 16.7 Å². The minimum absolute atomic E-state index is 0.0871. The van der Waals surface area contributed by atoms with Gasteiger partial charge in [-0.25, -0.2) is 0 Å². The first kappa shape index (κ1) is 21.0. The number of nitrogens with zero attached hydrogens (tertiary/aromatic N) is 1. The fourth-order valence-corrected chi connectivity index (χ4v) is 3.24. The lowest BCUT2D eigenvalue weighted by atomic mass is 10.1. The molecule has 2 rings (SSSR count). The predicted octanol–water partition coefficient (Wildman–Crippen LogP) is 4.13. The number of amides is 2. The Morgan fingerprint density at radius 3 is 2.37 bits per heavy atom. The third-order valence-electron chi connectivity index (χ3n) is 4.45. The maximum Gasteiger partial charge on any atom is 0.242 e. The number of halogens is 1. The fourth-order valence-electron chi connectivity index (χ4n) is 3.02. The van der Waals surface area contributed by atoms with E-state index >= 15 is 0 Å². The summed E-state index contributed by atoms with van der Waals surface area (Å²) in [5, 5.41) is 3.44. The van der Waals surface area contributed by atoms with Gasteiger partial charge in [0, 0.05) is 18.1 Å². The summed E-state index contributed by atoms with van der Waals surface area (Å²) in [6, 6.07) is 14.8. The summed E-state index contributed by atoms with van der Waals surface area (Å²) in [6.07, 6.45) is 0.765. The second-order valence-electron chi connectivity index (χ2n) is 6.63. The molecule has 0 radical (unpaired) electrons. The van der Waals surface area contributed by atoms with Crippen LogP contribution in [0.3, 0.4) is 0 Å². The first-order valence-corrected chi connectivity index (χ1v) is 9.69. The molecule has 2 aromatic carbocycles. The summed E-state index contributed by atoms with van der Waals surface area (Å²) in [6.45, 7) is 6.76. The number of benzene rings is 2. The Morgan fingerprint density at radius 2 is 1.78 bits per heavy atom. The van der Waals surface area contributed by atoms with E-state index in [-0.39, 0.29) is 18.2 Å². The predicted molar refractivity (Wildman–Crippen MR) is 110 cm³/mol. The van der Waals surface area contributed by atoms with Gasteiger partial charge in [0.25, 0.3) is 0 Å². The molecule has 0 bridgehead atoms. The molecule has 2 aromatic rings. The van der Waals surface area contributed by atoms with Gasteiger partial charge in [0.1, 0.15) is 6.04 Å². The first-order chi connectivity index (χ1) is 12.9. The quantitative estimate of drug-likeness (QED) is 0.741. The Hall–Kier alpha value is -2.33. The van der Waals surface area contributed by atoms with Crippen molar-refractivity contribution in [1.82, 2.24) is 10.2 Å². The normalized spacial score (nSPS) is 11.7. The molecule has 0 aliphatic carbocycles. The number of carbonyl (C=O) groups excluding carboxylic acids is 2. The van der Waals surface area contributed by atoms with Gasteiger partial charge in [-0.3, -0.25) is 9.59 Å². The summed E-state index contributed by atoms with van der Waals surface area (Å²) in [7, 11) is 0. The first-order valence-electron chi connectivity index (χ1n) is 9.31. The van der Waals surface area contributed by atoms with Gasteiger partial charge in [0.15, 0.2) is 0 Å². The Kier molecular flexibility index (Phi) is 7.86. The zero-order valence-electron chi connectivity index (χ0n) is 16.2. The van der Waals surface area contributed by atoms with Gasteiger partial charge in [-0.2, -0.15) is 0 Å². The Bertz CT molecular complexity index is 774. The Labute approximate surface area is 166 Å². The van der Waals surface area contributed by atoms with Gasteiger partial charge in [-0.1, -0.05) is 60.5 Å². The molecule has 27 heavy (non-hydrogen) atoms. The molecule has 0 saturated carbocycles. The van der Waals surface area contributed by atoms with Crippen molar-refractivity contribution in [3.05, 3.63) is 70.2 Å². The van der Waals surface area contributed by atoms with Crippen molar-refractivity contribution >= 4 is 23.4 Å². The Balaban J connectivity index is 2.27. The van der Waals surface area contributed by atoms with E-state index in [1.54, 1.807) is 17.0 Å². The molecule has 1 atom stereocenters. The second kappa shape index (κ2) is 10.1. The lowest BCUT2D eigenvalue weighted by Gasteiger charge is -2.30. The van der Waals surface area contributed by atoms with E-state index < -0.39 is 6.04 Å². The van der Waals surface area contributed by atoms with Crippen LogP contribution in [0.25, 0.3) is 0 Å². The number of carbonyl (C=O) groups is 2. The van der Waals surface area contributed by atoms with E-state index in [0.29, 0.717) is 24.5 Å². The Morgan fingerprint density at radius 1 is 1.07 bits per heavy atom. The summed E-state index contributed by atoms with van der Waals surface area (Å²) in [5.41, 5.74) is 3.00. The van der Waals surface area contributed by atoms with Crippen LogP contribution in [0.2, 0.25) is 5.02 Å². The van der Waals surface area contributed by atoms with Crippen molar-refractivity contribution in [3.8, 4) is 0 Å². The van der Waals surface area contributed by atoms with Crippen LogP contribution >= 0.6 is 11.6 Å². The van der Waals surface area contributed by atoms with Crippen LogP contribution < -0.4 is 5.32 Å². The number of likely N-dealkylation sites (N-methyl/N-ethyl adjacent to an activating group) is 1. The minimum Gasteiger partial charge on any atom is -0.355 e. The molecule has 5 heteroatoms. The molecule has 1 N–H and O–H groups in total. The number of rotatable bonds is 8. The largest absolute Gasteiger partial charge is 0.355 e. The van der Waals surface area contributed by atoms with Crippen LogP contribution in [-0.4, -0.2) is 29.3 Å². The molecule has 0 aromatic heterocycles. The van der Waals surface area contributed by atoms with E-state index in [9.17, 15) is 9.59 Å². The zero-order valence-corrected chi connectivity index (χ0v) is 16.9.